The highest BCUT2D eigenvalue weighted by atomic mass is 32.2. The number of benzene rings is 2. The van der Waals surface area contributed by atoms with Crippen LogP contribution in [0, 0.1) is 5.41 Å². The zero-order valence-corrected chi connectivity index (χ0v) is 19.8. The van der Waals surface area contributed by atoms with Gasteiger partial charge in [0.2, 0.25) is 15.9 Å². The van der Waals surface area contributed by atoms with Gasteiger partial charge in [0, 0.05) is 25.3 Å². The lowest BCUT2D eigenvalue weighted by Gasteiger charge is -2.37. The van der Waals surface area contributed by atoms with Crippen LogP contribution in [0.4, 0.5) is 18.9 Å². The van der Waals surface area contributed by atoms with Crippen LogP contribution < -0.4 is 9.64 Å². The molecule has 2 fully saturated rings. The molecule has 0 unspecified atom stereocenters. The molecule has 184 valence electrons. The van der Waals surface area contributed by atoms with Crippen molar-refractivity contribution in [3.63, 3.8) is 0 Å². The fourth-order valence-electron chi connectivity index (χ4n) is 4.47. The average Bonchev–Trinajstić information content (AvgIpc) is 3.10. The smallest absolute Gasteiger partial charge is 0.427 e. The minimum Gasteiger partial charge on any atom is -0.478 e. The van der Waals surface area contributed by atoms with E-state index in [1.807, 2.05) is 0 Å². The van der Waals surface area contributed by atoms with Crippen LogP contribution in [-0.4, -0.2) is 50.0 Å². The Balaban J connectivity index is 1.43. The Bertz CT molecular complexity index is 1140. The van der Waals surface area contributed by atoms with Crippen LogP contribution in [0.5, 0.6) is 5.75 Å². The first-order chi connectivity index (χ1) is 15.9. The molecule has 0 radical (unpaired) electrons. The molecule has 2 saturated heterocycles. The van der Waals surface area contributed by atoms with E-state index in [0.29, 0.717) is 31.5 Å². The van der Waals surface area contributed by atoms with Gasteiger partial charge in [0.15, 0.2) is 5.60 Å². The Morgan fingerprint density at radius 3 is 2.00 bits per heavy atom. The third-order valence-electron chi connectivity index (χ3n) is 6.78. The van der Waals surface area contributed by atoms with Crippen LogP contribution in [0.2, 0.25) is 0 Å². The summed E-state index contributed by atoms with van der Waals surface area (Å²) >= 11 is 0. The predicted molar refractivity (Wildman–Crippen MR) is 121 cm³/mol. The van der Waals surface area contributed by atoms with Crippen molar-refractivity contribution in [3.05, 3.63) is 54.6 Å². The first-order valence-electron chi connectivity index (χ1n) is 11.1. The second kappa shape index (κ2) is 8.57. The highest BCUT2D eigenvalue weighted by Crippen LogP contribution is 2.44. The van der Waals surface area contributed by atoms with E-state index < -0.39 is 27.2 Å². The quantitative estimate of drug-likeness (QED) is 0.606. The van der Waals surface area contributed by atoms with Gasteiger partial charge in [0.25, 0.3) is 0 Å². The zero-order chi connectivity index (χ0) is 24.8. The van der Waals surface area contributed by atoms with Crippen molar-refractivity contribution >= 4 is 21.6 Å². The van der Waals surface area contributed by atoms with E-state index in [1.54, 1.807) is 47.4 Å². The van der Waals surface area contributed by atoms with E-state index in [0.717, 1.165) is 13.8 Å². The molecule has 6 nitrogen and oxygen atoms in total. The van der Waals surface area contributed by atoms with Gasteiger partial charge in [-0.1, -0.05) is 18.2 Å². The van der Waals surface area contributed by atoms with Gasteiger partial charge in [-0.3, -0.25) is 4.79 Å². The molecule has 0 atom stereocenters. The second-order valence-corrected chi connectivity index (χ2v) is 11.2. The van der Waals surface area contributed by atoms with E-state index in [-0.39, 0.29) is 29.6 Å². The molecule has 0 aromatic heterocycles. The number of hydrogen-bond acceptors (Lipinski definition) is 4. The molecule has 10 heteroatoms. The van der Waals surface area contributed by atoms with Crippen molar-refractivity contribution in [2.45, 2.75) is 49.8 Å². The highest BCUT2D eigenvalue weighted by Gasteiger charge is 2.51. The first-order valence-corrected chi connectivity index (χ1v) is 12.5. The van der Waals surface area contributed by atoms with Gasteiger partial charge in [-0.05, 0) is 69.5 Å². The topological polar surface area (TPSA) is 66.9 Å². The van der Waals surface area contributed by atoms with Gasteiger partial charge >= 0.3 is 6.18 Å². The number of hydrogen-bond donors (Lipinski definition) is 0. The lowest BCUT2D eigenvalue weighted by atomic mass is 9.77. The predicted octanol–water partition coefficient (Wildman–Crippen LogP) is 4.61. The molecule has 34 heavy (non-hydrogen) atoms. The maximum Gasteiger partial charge on any atom is 0.427 e. The average molecular weight is 497 g/mol. The van der Waals surface area contributed by atoms with Gasteiger partial charge < -0.3 is 9.64 Å². The molecule has 0 bridgehead atoms. The van der Waals surface area contributed by atoms with Gasteiger partial charge in [-0.15, -0.1) is 0 Å². The van der Waals surface area contributed by atoms with E-state index in [2.05, 4.69) is 0 Å². The number of sulfonamides is 1. The summed E-state index contributed by atoms with van der Waals surface area (Å²) in [6.45, 7) is 2.91. The molecule has 2 aliphatic heterocycles. The standard InChI is InChI=1S/C24H27F3N2O4S/c1-22(2,24(25,26)27)33-19-10-8-18(9-11-19)29-17-14-23(21(29)30)12-15-28(16-13-23)34(31,32)20-6-4-3-5-7-20/h3-11H,12-17H2,1-2H3. The monoisotopic (exact) mass is 496 g/mol. The fourth-order valence-corrected chi connectivity index (χ4v) is 5.94. The van der Waals surface area contributed by atoms with Crippen molar-refractivity contribution in [3.8, 4) is 5.75 Å². The number of piperidine rings is 1. The maximum atomic E-state index is 13.3. The van der Waals surface area contributed by atoms with Crippen molar-refractivity contribution in [2.24, 2.45) is 5.41 Å². The van der Waals surface area contributed by atoms with Gasteiger partial charge in [-0.25, -0.2) is 8.42 Å². The van der Waals surface area contributed by atoms with Crippen LogP contribution in [-0.2, 0) is 14.8 Å². The summed E-state index contributed by atoms with van der Waals surface area (Å²) in [5.41, 5.74) is -2.38. The minimum absolute atomic E-state index is 0.0619. The van der Waals surface area contributed by atoms with Gasteiger partial charge in [0.05, 0.1) is 10.3 Å². The summed E-state index contributed by atoms with van der Waals surface area (Å²) in [6, 6.07) is 14.2. The number of alkyl halides is 3. The van der Waals surface area contributed by atoms with Crippen LogP contribution in [0.25, 0.3) is 0 Å². The SMILES string of the molecule is CC(C)(Oc1ccc(N2CCC3(CCN(S(=O)(=O)c4ccccc4)CC3)C2=O)cc1)C(F)(F)F. The Morgan fingerprint density at radius 1 is 0.882 bits per heavy atom. The number of amides is 1. The lowest BCUT2D eigenvalue weighted by Crippen LogP contribution is -2.46. The number of rotatable bonds is 5. The van der Waals surface area contributed by atoms with Crippen LogP contribution in [0.1, 0.15) is 33.1 Å². The molecular formula is C24H27F3N2O4S. The first kappa shape index (κ1) is 24.5. The minimum atomic E-state index is -4.52. The molecule has 1 amide bonds. The van der Waals surface area contributed by atoms with Crippen LogP contribution >= 0.6 is 0 Å². The lowest BCUT2D eigenvalue weighted by molar-refractivity contribution is -0.234. The van der Waals surface area contributed by atoms with Crippen molar-refractivity contribution in [2.75, 3.05) is 24.5 Å². The van der Waals surface area contributed by atoms with Crippen molar-refractivity contribution < 1.29 is 31.1 Å². The molecule has 2 heterocycles. The third-order valence-corrected chi connectivity index (χ3v) is 8.69. The molecule has 2 aromatic carbocycles. The Kier molecular flexibility index (Phi) is 6.18. The summed E-state index contributed by atoms with van der Waals surface area (Å²) in [5.74, 6) is -0.0135. The molecule has 0 N–H and O–H groups in total. The summed E-state index contributed by atoms with van der Waals surface area (Å²) in [4.78, 5) is 15.2. The summed E-state index contributed by atoms with van der Waals surface area (Å²) in [5, 5.41) is 0. The number of nitrogens with zero attached hydrogens (tertiary/aromatic N) is 2. The Labute approximate surface area is 197 Å². The van der Waals surface area contributed by atoms with E-state index >= 15 is 0 Å². The maximum absolute atomic E-state index is 13.3. The third kappa shape index (κ3) is 4.40. The van der Waals surface area contributed by atoms with Crippen molar-refractivity contribution in [1.29, 1.82) is 0 Å². The fraction of sp³-hybridized carbons (Fsp3) is 0.458. The molecule has 2 aromatic rings. The highest BCUT2D eigenvalue weighted by molar-refractivity contribution is 7.89. The Hall–Kier alpha value is -2.59. The largest absolute Gasteiger partial charge is 0.478 e. The molecule has 1 spiro atoms. The summed E-state index contributed by atoms with van der Waals surface area (Å²) < 4.78 is 71.6. The molecule has 0 saturated carbocycles. The number of anilines is 1. The van der Waals surface area contributed by atoms with Crippen LogP contribution in [0.3, 0.4) is 0 Å². The number of carbonyl (C=O) groups is 1. The normalized spacial score (nSPS) is 19.6. The number of carbonyl (C=O) groups excluding carboxylic acids is 1. The van der Waals surface area contributed by atoms with Crippen LogP contribution in [0.15, 0.2) is 59.5 Å². The van der Waals surface area contributed by atoms with Gasteiger partial charge in [-0.2, -0.15) is 17.5 Å². The molecule has 0 aliphatic carbocycles. The van der Waals surface area contributed by atoms with E-state index in [9.17, 15) is 26.4 Å². The summed E-state index contributed by atoms with van der Waals surface area (Å²) in [6.07, 6.45) is -3.07. The summed E-state index contributed by atoms with van der Waals surface area (Å²) in [7, 11) is -3.61. The second-order valence-electron chi connectivity index (χ2n) is 9.31. The van der Waals surface area contributed by atoms with E-state index in [1.165, 1.54) is 16.4 Å². The van der Waals surface area contributed by atoms with Gasteiger partial charge in [0.1, 0.15) is 5.75 Å². The zero-order valence-electron chi connectivity index (χ0n) is 19.0. The Morgan fingerprint density at radius 2 is 1.44 bits per heavy atom. The number of ether oxygens (including phenoxy) is 1. The number of halogens is 3. The molecule has 4 rings (SSSR count). The molecular weight excluding hydrogens is 469 g/mol. The van der Waals surface area contributed by atoms with Crippen molar-refractivity contribution in [1.82, 2.24) is 4.31 Å². The van der Waals surface area contributed by atoms with E-state index in [4.69, 9.17) is 4.74 Å². The molecule has 2 aliphatic rings.